The van der Waals surface area contributed by atoms with Crippen LogP contribution < -0.4 is 10.6 Å². The van der Waals surface area contributed by atoms with Crippen LogP contribution in [0.4, 0.5) is 10.5 Å². The minimum atomic E-state index is -0.253. The second-order valence-electron chi connectivity index (χ2n) is 4.76. The van der Waals surface area contributed by atoms with Crippen molar-refractivity contribution in [2.75, 3.05) is 26.0 Å². The predicted molar refractivity (Wildman–Crippen MR) is 83.8 cm³/mol. The minimum Gasteiger partial charge on any atom is -0.359 e. The van der Waals surface area contributed by atoms with Crippen molar-refractivity contribution in [1.82, 2.24) is 10.2 Å². The summed E-state index contributed by atoms with van der Waals surface area (Å²) in [6.45, 7) is 4.09. The molecule has 5 nitrogen and oxygen atoms in total. The zero-order valence-corrected chi connectivity index (χ0v) is 13.7. The van der Waals surface area contributed by atoms with Gasteiger partial charge < -0.3 is 15.5 Å². The zero-order chi connectivity index (χ0) is 15.3. The van der Waals surface area contributed by atoms with Gasteiger partial charge in [0.1, 0.15) is 0 Å². The number of halogens is 1. The van der Waals surface area contributed by atoms with Crippen LogP contribution in [-0.2, 0) is 4.79 Å². The number of carbonyl (C=O) groups is 2. The number of aryl methyl sites for hydroxylation is 1. The van der Waals surface area contributed by atoms with Gasteiger partial charge in [-0.25, -0.2) is 4.79 Å². The fraction of sp³-hybridized carbons (Fsp3) is 0.429. The molecule has 2 N–H and O–H groups in total. The number of hydrogen-bond donors (Lipinski definition) is 2. The summed E-state index contributed by atoms with van der Waals surface area (Å²) >= 11 is 3.45. The lowest BCUT2D eigenvalue weighted by Crippen LogP contribution is -2.39. The van der Waals surface area contributed by atoms with Crippen molar-refractivity contribution >= 4 is 33.6 Å². The summed E-state index contributed by atoms with van der Waals surface area (Å²) in [5.41, 5.74) is 1.76. The Morgan fingerprint density at radius 1 is 1.40 bits per heavy atom. The Morgan fingerprint density at radius 2 is 2.05 bits per heavy atom. The highest BCUT2D eigenvalue weighted by Gasteiger charge is 2.17. The standard InChI is InChI=1S/C14H20BrN3O2/c1-9-6-5-7-11(12(9)15)17-14(20)18(4)8-10(2)13(19)16-3/h5-7,10H,8H2,1-4H3,(H,16,19)(H,17,20). The SMILES string of the molecule is CNC(=O)C(C)CN(C)C(=O)Nc1cccc(C)c1Br. The van der Waals surface area contributed by atoms with E-state index in [1.54, 1.807) is 21.0 Å². The maximum absolute atomic E-state index is 12.1. The number of rotatable bonds is 4. The lowest BCUT2D eigenvalue weighted by Gasteiger charge is -2.21. The number of hydrogen-bond acceptors (Lipinski definition) is 2. The number of nitrogens with zero attached hydrogens (tertiary/aromatic N) is 1. The first-order chi connectivity index (χ1) is 9.36. The molecule has 0 saturated heterocycles. The van der Waals surface area contributed by atoms with Crippen LogP contribution in [0.5, 0.6) is 0 Å². The molecule has 0 spiro atoms. The van der Waals surface area contributed by atoms with E-state index in [-0.39, 0.29) is 17.9 Å². The Labute approximate surface area is 127 Å². The lowest BCUT2D eigenvalue weighted by atomic mass is 10.1. The molecule has 0 aliphatic carbocycles. The van der Waals surface area contributed by atoms with Gasteiger partial charge in [-0.1, -0.05) is 19.1 Å². The molecule has 1 aromatic rings. The van der Waals surface area contributed by atoms with Gasteiger partial charge in [-0.2, -0.15) is 0 Å². The number of benzene rings is 1. The van der Waals surface area contributed by atoms with Crippen molar-refractivity contribution in [3.63, 3.8) is 0 Å². The average Bonchev–Trinajstić information content (AvgIpc) is 2.42. The zero-order valence-electron chi connectivity index (χ0n) is 12.2. The van der Waals surface area contributed by atoms with Crippen molar-refractivity contribution in [3.8, 4) is 0 Å². The Balaban J connectivity index is 2.66. The van der Waals surface area contributed by atoms with Crippen LogP contribution in [0.2, 0.25) is 0 Å². The lowest BCUT2D eigenvalue weighted by molar-refractivity contribution is -0.124. The summed E-state index contributed by atoms with van der Waals surface area (Å²) in [4.78, 5) is 25.0. The first-order valence-corrected chi connectivity index (χ1v) is 7.15. The van der Waals surface area contributed by atoms with E-state index in [1.165, 1.54) is 4.90 Å². The Kier molecular flexibility index (Phi) is 6.01. The molecule has 1 unspecified atom stereocenters. The fourth-order valence-electron chi connectivity index (χ4n) is 1.78. The summed E-state index contributed by atoms with van der Waals surface area (Å²) in [6, 6.07) is 5.41. The van der Waals surface area contributed by atoms with E-state index >= 15 is 0 Å². The highest BCUT2D eigenvalue weighted by molar-refractivity contribution is 9.10. The monoisotopic (exact) mass is 341 g/mol. The van der Waals surface area contributed by atoms with E-state index in [4.69, 9.17) is 0 Å². The van der Waals surface area contributed by atoms with Crippen molar-refractivity contribution in [2.24, 2.45) is 5.92 Å². The van der Waals surface area contributed by atoms with E-state index in [1.807, 2.05) is 25.1 Å². The summed E-state index contributed by atoms with van der Waals surface area (Å²) in [5.74, 6) is -0.335. The molecule has 6 heteroatoms. The molecule has 0 aliphatic heterocycles. The van der Waals surface area contributed by atoms with Crippen LogP contribution in [0.3, 0.4) is 0 Å². The number of carbonyl (C=O) groups excluding carboxylic acids is 2. The van der Waals surface area contributed by atoms with Gasteiger partial charge in [0.25, 0.3) is 0 Å². The molecule has 0 aliphatic rings. The maximum Gasteiger partial charge on any atom is 0.321 e. The Hall–Kier alpha value is -1.56. The van der Waals surface area contributed by atoms with Gasteiger partial charge in [-0.15, -0.1) is 0 Å². The first-order valence-electron chi connectivity index (χ1n) is 6.35. The van der Waals surface area contributed by atoms with Gasteiger partial charge in [-0.05, 0) is 34.5 Å². The molecule has 110 valence electrons. The first kappa shape index (κ1) is 16.5. The van der Waals surface area contributed by atoms with E-state index in [2.05, 4.69) is 26.6 Å². The van der Waals surface area contributed by atoms with Crippen molar-refractivity contribution < 1.29 is 9.59 Å². The third-order valence-corrected chi connectivity index (χ3v) is 4.07. The third-order valence-electron chi connectivity index (χ3n) is 3.02. The minimum absolute atomic E-state index is 0.0820. The molecule has 20 heavy (non-hydrogen) atoms. The van der Waals surface area contributed by atoms with Gasteiger partial charge in [0.05, 0.1) is 11.6 Å². The van der Waals surface area contributed by atoms with Gasteiger partial charge in [0, 0.05) is 25.1 Å². The number of nitrogens with one attached hydrogen (secondary N) is 2. The van der Waals surface area contributed by atoms with E-state index < -0.39 is 0 Å². The second kappa shape index (κ2) is 7.28. The average molecular weight is 342 g/mol. The molecular formula is C14H20BrN3O2. The van der Waals surface area contributed by atoms with Gasteiger partial charge in [-0.3, -0.25) is 4.79 Å². The third kappa shape index (κ3) is 4.23. The smallest absolute Gasteiger partial charge is 0.321 e. The van der Waals surface area contributed by atoms with Crippen LogP contribution >= 0.6 is 15.9 Å². The van der Waals surface area contributed by atoms with Crippen LogP contribution in [0, 0.1) is 12.8 Å². The Bertz CT molecular complexity index is 505. The van der Waals surface area contributed by atoms with Gasteiger partial charge in [0.2, 0.25) is 5.91 Å². The molecule has 0 fully saturated rings. The summed E-state index contributed by atoms with van der Waals surface area (Å²) in [7, 11) is 3.25. The van der Waals surface area contributed by atoms with Crippen molar-refractivity contribution in [1.29, 1.82) is 0 Å². The van der Waals surface area contributed by atoms with Crippen LogP contribution in [0.15, 0.2) is 22.7 Å². The van der Waals surface area contributed by atoms with Gasteiger partial charge in [0.15, 0.2) is 0 Å². The van der Waals surface area contributed by atoms with E-state index in [9.17, 15) is 9.59 Å². The topological polar surface area (TPSA) is 61.4 Å². The van der Waals surface area contributed by atoms with Crippen molar-refractivity contribution in [2.45, 2.75) is 13.8 Å². The fourth-order valence-corrected chi connectivity index (χ4v) is 2.14. The summed E-state index contributed by atoms with van der Waals surface area (Å²) < 4.78 is 0.862. The highest BCUT2D eigenvalue weighted by Crippen LogP contribution is 2.25. The maximum atomic E-state index is 12.1. The molecule has 0 bridgehead atoms. The number of urea groups is 1. The predicted octanol–water partition coefficient (Wildman–Crippen LogP) is 2.60. The molecule has 0 saturated carbocycles. The Morgan fingerprint density at radius 3 is 2.65 bits per heavy atom. The summed E-state index contributed by atoms with van der Waals surface area (Å²) in [5, 5.41) is 5.39. The quantitative estimate of drug-likeness (QED) is 0.884. The molecule has 0 radical (unpaired) electrons. The second-order valence-corrected chi connectivity index (χ2v) is 5.56. The molecule has 0 heterocycles. The molecule has 0 aromatic heterocycles. The number of anilines is 1. The number of amides is 3. The molecule has 3 amide bonds. The van der Waals surface area contributed by atoms with Crippen LogP contribution in [0.25, 0.3) is 0 Å². The normalized spacial score (nSPS) is 11.7. The van der Waals surface area contributed by atoms with E-state index in [0.29, 0.717) is 6.54 Å². The molecular weight excluding hydrogens is 322 g/mol. The largest absolute Gasteiger partial charge is 0.359 e. The summed E-state index contributed by atoms with van der Waals surface area (Å²) in [6.07, 6.45) is 0. The van der Waals surface area contributed by atoms with Crippen LogP contribution in [0.1, 0.15) is 12.5 Å². The highest BCUT2D eigenvalue weighted by atomic mass is 79.9. The molecule has 1 aromatic carbocycles. The van der Waals surface area contributed by atoms with Crippen molar-refractivity contribution in [3.05, 3.63) is 28.2 Å². The molecule has 1 rings (SSSR count). The molecule has 1 atom stereocenters. The van der Waals surface area contributed by atoms with Crippen LogP contribution in [-0.4, -0.2) is 37.5 Å². The van der Waals surface area contributed by atoms with Gasteiger partial charge >= 0.3 is 6.03 Å². The van der Waals surface area contributed by atoms with E-state index in [0.717, 1.165) is 15.7 Å².